The van der Waals surface area contributed by atoms with Crippen LogP contribution in [0.25, 0.3) is 5.78 Å². The molecule has 1 atom stereocenters. The molecular formula is C15H14N4S. The standard InChI is InChI=1S/C15H14N4S/c1-2-7-12-11(5-1)6-3-8-13(12)20-15-17-14-16-9-4-10-19(14)18-15/h1-2,4-5,7,9-10,13H,3,6,8H2. The van der Waals surface area contributed by atoms with Gasteiger partial charge >= 0.3 is 0 Å². The van der Waals surface area contributed by atoms with Crippen LogP contribution in [0.1, 0.15) is 29.2 Å². The van der Waals surface area contributed by atoms with Crippen molar-refractivity contribution in [3.05, 3.63) is 53.9 Å². The maximum absolute atomic E-state index is 4.49. The lowest BCUT2D eigenvalue weighted by molar-refractivity contribution is 0.671. The van der Waals surface area contributed by atoms with Crippen LogP contribution in [0.5, 0.6) is 0 Å². The maximum Gasteiger partial charge on any atom is 0.253 e. The van der Waals surface area contributed by atoms with E-state index < -0.39 is 0 Å². The first-order chi connectivity index (χ1) is 9.90. The molecule has 0 radical (unpaired) electrons. The molecule has 4 rings (SSSR count). The molecule has 5 heteroatoms. The van der Waals surface area contributed by atoms with E-state index in [0.29, 0.717) is 11.0 Å². The number of aryl methyl sites for hydroxylation is 1. The maximum atomic E-state index is 4.49. The van der Waals surface area contributed by atoms with Gasteiger partial charge in [0.1, 0.15) is 0 Å². The molecule has 1 aromatic carbocycles. The van der Waals surface area contributed by atoms with Gasteiger partial charge in [0.05, 0.1) is 0 Å². The smallest absolute Gasteiger partial charge is 0.220 e. The summed E-state index contributed by atoms with van der Waals surface area (Å²) in [4.78, 5) is 8.70. The van der Waals surface area contributed by atoms with Crippen molar-refractivity contribution in [2.75, 3.05) is 0 Å². The molecule has 2 heterocycles. The SMILES string of the molecule is c1ccc2c(c1)CCCC2Sc1nc2ncccn2n1. The minimum absolute atomic E-state index is 0.456. The molecule has 20 heavy (non-hydrogen) atoms. The van der Waals surface area contributed by atoms with Gasteiger partial charge in [-0.3, -0.25) is 0 Å². The van der Waals surface area contributed by atoms with E-state index in [9.17, 15) is 0 Å². The molecule has 3 aromatic rings. The van der Waals surface area contributed by atoms with Gasteiger partial charge in [-0.05, 0) is 36.5 Å². The van der Waals surface area contributed by atoms with Crippen molar-refractivity contribution in [2.45, 2.75) is 29.7 Å². The van der Waals surface area contributed by atoms with Crippen molar-refractivity contribution in [2.24, 2.45) is 0 Å². The Hall–Kier alpha value is -1.88. The van der Waals surface area contributed by atoms with Gasteiger partial charge in [-0.25, -0.2) is 9.50 Å². The second-order valence-electron chi connectivity index (χ2n) is 4.96. The molecule has 0 amide bonds. The fourth-order valence-electron chi connectivity index (χ4n) is 2.72. The topological polar surface area (TPSA) is 43.1 Å². The van der Waals surface area contributed by atoms with Crippen LogP contribution in [0.4, 0.5) is 0 Å². The predicted molar refractivity (Wildman–Crippen MR) is 78.8 cm³/mol. The van der Waals surface area contributed by atoms with Crippen LogP contribution in [-0.2, 0) is 6.42 Å². The van der Waals surface area contributed by atoms with Crippen molar-refractivity contribution in [3.8, 4) is 0 Å². The highest BCUT2D eigenvalue weighted by atomic mass is 32.2. The van der Waals surface area contributed by atoms with Crippen molar-refractivity contribution in [1.29, 1.82) is 0 Å². The first kappa shape index (κ1) is 11.9. The zero-order valence-electron chi connectivity index (χ0n) is 10.9. The second-order valence-corrected chi connectivity index (χ2v) is 6.13. The lowest BCUT2D eigenvalue weighted by atomic mass is 9.91. The molecule has 1 aliphatic carbocycles. The van der Waals surface area contributed by atoms with E-state index in [1.807, 2.05) is 12.3 Å². The van der Waals surface area contributed by atoms with Gasteiger partial charge in [0.25, 0.3) is 5.78 Å². The molecule has 0 saturated heterocycles. The second kappa shape index (κ2) is 4.90. The molecule has 1 unspecified atom stereocenters. The van der Waals surface area contributed by atoms with Crippen LogP contribution in [-0.4, -0.2) is 19.6 Å². The monoisotopic (exact) mass is 282 g/mol. The van der Waals surface area contributed by atoms with E-state index in [1.165, 1.54) is 30.4 Å². The quantitative estimate of drug-likeness (QED) is 0.723. The summed E-state index contributed by atoms with van der Waals surface area (Å²) in [5.41, 5.74) is 2.91. The molecule has 4 nitrogen and oxygen atoms in total. The van der Waals surface area contributed by atoms with Crippen molar-refractivity contribution >= 4 is 17.5 Å². The van der Waals surface area contributed by atoms with Crippen LogP contribution in [0.15, 0.2) is 47.9 Å². The molecule has 1 aliphatic rings. The zero-order chi connectivity index (χ0) is 13.4. The van der Waals surface area contributed by atoms with Crippen molar-refractivity contribution in [3.63, 3.8) is 0 Å². The van der Waals surface area contributed by atoms with Crippen molar-refractivity contribution < 1.29 is 0 Å². The Kier molecular flexibility index (Phi) is 2.92. The molecule has 100 valence electrons. The van der Waals surface area contributed by atoms with Crippen LogP contribution in [0.2, 0.25) is 0 Å². The summed E-state index contributed by atoms with van der Waals surface area (Å²) >= 11 is 1.75. The van der Waals surface area contributed by atoms with Gasteiger partial charge in [0.15, 0.2) is 0 Å². The average Bonchev–Trinajstić information content (AvgIpc) is 2.90. The third-order valence-electron chi connectivity index (χ3n) is 3.66. The third-order valence-corrected chi connectivity index (χ3v) is 4.82. The highest BCUT2D eigenvalue weighted by Gasteiger charge is 2.22. The minimum atomic E-state index is 0.456. The van der Waals surface area contributed by atoms with Crippen LogP contribution in [0, 0.1) is 0 Å². The molecule has 0 aliphatic heterocycles. The summed E-state index contributed by atoms with van der Waals surface area (Å²) in [6, 6.07) is 10.6. The first-order valence-electron chi connectivity index (χ1n) is 6.82. The van der Waals surface area contributed by atoms with E-state index in [0.717, 1.165) is 5.16 Å². The average molecular weight is 282 g/mol. The summed E-state index contributed by atoms with van der Waals surface area (Å²) in [5.74, 6) is 0.666. The lowest BCUT2D eigenvalue weighted by Crippen LogP contribution is -2.06. The number of aromatic nitrogens is 4. The fraction of sp³-hybridized carbons (Fsp3) is 0.267. The first-order valence-corrected chi connectivity index (χ1v) is 7.70. The summed E-state index contributed by atoms with van der Waals surface area (Å²) in [5, 5.41) is 5.75. The number of benzene rings is 1. The molecule has 0 spiro atoms. The Morgan fingerprint density at radius 2 is 2.15 bits per heavy atom. The molecule has 0 N–H and O–H groups in total. The summed E-state index contributed by atoms with van der Waals surface area (Å²) in [6.07, 6.45) is 7.24. The number of thioether (sulfide) groups is 1. The van der Waals surface area contributed by atoms with Gasteiger partial charge < -0.3 is 0 Å². The number of rotatable bonds is 2. The van der Waals surface area contributed by atoms with E-state index in [4.69, 9.17) is 0 Å². The molecule has 0 fully saturated rings. The van der Waals surface area contributed by atoms with E-state index in [-0.39, 0.29) is 0 Å². The lowest BCUT2D eigenvalue weighted by Gasteiger charge is -2.23. The molecule has 0 bridgehead atoms. The summed E-state index contributed by atoms with van der Waals surface area (Å²) < 4.78 is 1.73. The number of nitrogens with zero attached hydrogens (tertiary/aromatic N) is 4. The Balaban J connectivity index is 1.66. The highest BCUT2D eigenvalue weighted by Crippen LogP contribution is 2.42. The number of hydrogen-bond acceptors (Lipinski definition) is 4. The van der Waals surface area contributed by atoms with Crippen LogP contribution < -0.4 is 0 Å². The van der Waals surface area contributed by atoms with Gasteiger partial charge in [-0.2, -0.15) is 4.98 Å². The van der Waals surface area contributed by atoms with Crippen LogP contribution >= 0.6 is 11.8 Å². The van der Waals surface area contributed by atoms with Gasteiger partial charge in [-0.1, -0.05) is 36.0 Å². The Morgan fingerprint density at radius 1 is 1.20 bits per heavy atom. The van der Waals surface area contributed by atoms with Gasteiger partial charge in [0, 0.05) is 17.6 Å². The van der Waals surface area contributed by atoms with Crippen molar-refractivity contribution in [1.82, 2.24) is 19.6 Å². The number of hydrogen-bond donors (Lipinski definition) is 0. The third kappa shape index (κ3) is 2.08. The zero-order valence-corrected chi connectivity index (χ0v) is 11.8. The Labute approximate surface area is 121 Å². The van der Waals surface area contributed by atoms with Crippen LogP contribution in [0.3, 0.4) is 0 Å². The summed E-state index contributed by atoms with van der Waals surface area (Å²) in [6.45, 7) is 0. The van der Waals surface area contributed by atoms with Gasteiger partial charge in [0.2, 0.25) is 5.16 Å². The highest BCUT2D eigenvalue weighted by molar-refractivity contribution is 7.99. The van der Waals surface area contributed by atoms with Gasteiger partial charge in [-0.15, -0.1) is 5.10 Å². The normalized spacial score (nSPS) is 18.1. The molecule has 0 saturated carbocycles. The predicted octanol–water partition coefficient (Wildman–Crippen LogP) is 3.29. The van der Waals surface area contributed by atoms with E-state index in [2.05, 4.69) is 39.3 Å². The fourth-order valence-corrected chi connectivity index (χ4v) is 3.89. The number of fused-ring (bicyclic) bond motifs is 2. The van der Waals surface area contributed by atoms with E-state index >= 15 is 0 Å². The van der Waals surface area contributed by atoms with E-state index in [1.54, 1.807) is 22.5 Å². The molecular weight excluding hydrogens is 268 g/mol. The minimum Gasteiger partial charge on any atom is -0.220 e. The summed E-state index contributed by atoms with van der Waals surface area (Å²) in [7, 11) is 0. The Morgan fingerprint density at radius 3 is 3.10 bits per heavy atom. The largest absolute Gasteiger partial charge is 0.253 e. The molecule has 2 aromatic heterocycles. The Bertz CT molecular complexity index is 719.